The predicted octanol–water partition coefficient (Wildman–Crippen LogP) is 16.2. The first-order chi connectivity index (χ1) is 29.8. The molecule has 11 rings (SSSR count). The second kappa shape index (κ2) is 15.1. The maximum atomic E-state index is 4.80. The van der Waals surface area contributed by atoms with Crippen LogP contribution in [0, 0.1) is 0 Å². The van der Waals surface area contributed by atoms with E-state index in [-0.39, 0.29) is 0 Å². The summed E-state index contributed by atoms with van der Waals surface area (Å²) < 4.78 is 0. The summed E-state index contributed by atoms with van der Waals surface area (Å²) in [4.78, 5) is 4.80. The summed E-state index contributed by atoms with van der Waals surface area (Å²) in [5.41, 5.74) is 17.8. The van der Waals surface area contributed by atoms with E-state index in [1.807, 2.05) is 12.3 Å². The summed E-state index contributed by atoms with van der Waals surface area (Å²) in [5.74, 6) is 0. The Morgan fingerprint density at radius 1 is 0.233 bits per heavy atom. The summed E-state index contributed by atoms with van der Waals surface area (Å²) in [6, 6.07) is 83.8. The molecule has 280 valence electrons. The van der Waals surface area contributed by atoms with Gasteiger partial charge in [0.15, 0.2) is 0 Å². The number of aromatic nitrogens is 1. The molecule has 1 nitrogen and oxygen atoms in total. The molecule has 0 spiro atoms. The summed E-state index contributed by atoms with van der Waals surface area (Å²) in [5, 5.41) is 6.05. The highest BCUT2D eigenvalue weighted by atomic mass is 14.6. The van der Waals surface area contributed by atoms with Gasteiger partial charge in [0.05, 0.1) is 5.52 Å². The minimum Gasteiger partial charge on any atom is -0.256 e. The predicted molar refractivity (Wildman–Crippen MR) is 255 cm³/mol. The molecule has 1 heterocycles. The second-order valence-electron chi connectivity index (χ2n) is 15.4. The lowest BCUT2D eigenvalue weighted by Gasteiger charge is -2.21. The van der Waals surface area contributed by atoms with Crippen LogP contribution in [0.3, 0.4) is 0 Å². The fourth-order valence-corrected chi connectivity index (χ4v) is 9.20. The Bertz CT molecular complexity index is 3230. The number of nitrogens with zero attached hydrogens (tertiary/aromatic N) is 1. The van der Waals surface area contributed by atoms with Crippen molar-refractivity contribution in [3.63, 3.8) is 0 Å². The molecule has 10 aromatic carbocycles. The largest absolute Gasteiger partial charge is 0.256 e. The summed E-state index contributed by atoms with van der Waals surface area (Å²) in [6.45, 7) is 0. The van der Waals surface area contributed by atoms with E-state index >= 15 is 0 Å². The molecule has 1 heteroatoms. The zero-order valence-electron chi connectivity index (χ0n) is 33.0. The van der Waals surface area contributed by atoms with Crippen LogP contribution in [0.4, 0.5) is 0 Å². The Hall–Kier alpha value is -7.87. The van der Waals surface area contributed by atoms with Crippen LogP contribution in [0.5, 0.6) is 0 Å². The molecule has 0 aliphatic heterocycles. The fourth-order valence-electron chi connectivity index (χ4n) is 9.20. The maximum absolute atomic E-state index is 4.80. The summed E-state index contributed by atoms with van der Waals surface area (Å²) in [6.07, 6.45) is 1.88. The highest BCUT2D eigenvalue weighted by Crippen LogP contribution is 2.47. The highest BCUT2D eigenvalue weighted by Gasteiger charge is 2.21. The van der Waals surface area contributed by atoms with Gasteiger partial charge in [0.2, 0.25) is 0 Å². The van der Waals surface area contributed by atoms with E-state index in [0.29, 0.717) is 0 Å². The summed E-state index contributed by atoms with van der Waals surface area (Å²) >= 11 is 0. The van der Waals surface area contributed by atoms with Crippen molar-refractivity contribution >= 4 is 32.4 Å². The van der Waals surface area contributed by atoms with Gasteiger partial charge in [-0.25, -0.2) is 0 Å². The number of pyridine rings is 1. The molecule has 0 atom stereocenters. The SMILES string of the molecule is c1ccc(-c2cc(-c3ccccc3)c(-c3cccc(-c4c5ccccc5c(-c5cccc(-c6cccc7cccnc67)c5)c5ccccc45)c3)c(-c3ccccc3)c2)cc1. The van der Waals surface area contributed by atoms with Crippen LogP contribution in [0.1, 0.15) is 0 Å². The van der Waals surface area contributed by atoms with E-state index in [2.05, 4.69) is 224 Å². The van der Waals surface area contributed by atoms with E-state index in [1.54, 1.807) is 0 Å². The smallest absolute Gasteiger partial charge is 0.0780 e. The third-order valence-electron chi connectivity index (χ3n) is 11.9. The van der Waals surface area contributed by atoms with Gasteiger partial charge in [-0.05, 0) is 124 Å². The topological polar surface area (TPSA) is 12.9 Å². The van der Waals surface area contributed by atoms with Crippen molar-refractivity contribution in [3.8, 4) is 77.9 Å². The Kier molecular flexibility index (Phi) is 8.91. The first-order valence-corrected chi connectivity index (χ1v) is 20.6. The van der Waals surface area contributed by atoms with Crippen LogP contribution in [-0.2, 0) is 0 Å². The molecular formula is C59H39N. The minimum atomic E-state index is 1.02. The van der Waals surface area contributed by atoms with Gasteiger partial charge in [-0.3, -0.25) is 4.98 Å². The van der Waals surface area contributed by atoms with Crippen LogP contribution in [0.25, 0.3) is 110 Å². The average molecular weight is 762 g/mol. The van der Waals surface area contributed by atoms with Crippen LogP contribution in [-0.4, -0.2) is 4.98 Å². The number of fused-ring (bicyclic) bond motifs is 3. The first-order valence-electron chi connectivity index (χ1n) is 20.6. The van der Waals surface area contributed by atoms with Crippen molar-refractivity contribution in [2.45, 2.75) is 0 Å². The average Bonchev–Trinajstić information content (AvgIpc) is 3.33. The normalized spacial score (nSPS) is 11.3. The van der Waals surface area contributed by atoms with E-state index in [9.17, 15) is 0 Å². The van der Waals surface area contributed by atoms with E-state index in [0.717, 1.165) is 22.0 Å². The second-order valence-corrected chi connectivity index (χ2v) is 15.4. The molecule has 11 aromatic rings. The molecule has 0 aliphatic rings. The van der Waals surface area contributed by atoms with E-state index in [1.165, 1.54) is 88.3 Å². The first kappa shape index (κ1) is 35.3. The van der Waals surface area contributed by atoms with Crippen LogP contribution in [0.15, 0.2) is 237 Å². The Morgan fingerprint density at radius 3 is 1.17 bits per heavy atom. The Labute approximate surface area is 350 Å². The van der Waals surface area contributed by atoms with Gasteiger partial charge >= 0.3 is 0 Å². The van der Waals surface area contributed by atoms with Gasteiger partial charge in [-0.2, -0.15) is 0 Å². The third-order valence-corrected chi connectivity index (χ3v) is 11.9. The molecule has 0 aliphatic carbocycles. The van der Waals surface area contributed by atoms with Gasteiger partial charge in [0.25, 0.3) is 0 Å². The Morgan fingerprint density at radius 2 is 0.633 bits per heavy atom. The molecule has 0 amide bonds. The van der Waals surface area contributed by atoms with Crippen molar-refractivity contribution in [3.05, 3.63) is 237 Å². The van der Waals surface area contributed by atoms with Gasteiger partial charge in [0.1, 0.15) is 0 Å². The lowest BCUT2D eigenvalue weighted by molar-refractivity contribution is 1.41. The lowest BCUT2D eigenvalue weighted by Crippen LogP contribution is -1.94. The van der Waals surface area contributed by atoms with Crippen LogP contribution >= 0.6 is 0 Å². The molecule has 0 fully saturated rings. The van der Waals surface area contributed by atoms with Crippen molar-refractivity contribution in [2.24, 2.45) is 0 Å². The van der Waals surface area contributed by atoms with Crippen molar-refractivity contribution in [1.29, 1.82) is 0 Å². The summed E-state index contributed by atoms with van der Waals surface area (Å²) in [7, 11) is 0. The molecular weight excluding hydrogens is 723 g/mol. The fraction of sp³-hybridized carbons (Fsp3) is 0. The number of hydrogen-bond acceptors (Lipinski definition) is 1. The van der Waals surface area contributed by atoms with E-state index < -0.39 is 0 Å². The lowest BCUT2D eigenvalue weighted by atomic mass is 9.82. The van der Waals surface area contributed by atoms with Gasteiger partial charge in [-0.1, -0.05) is 200 Å². The number of hydrogen-bond donors (Lipinski definition) is 0. The number of rotatable bonds is 7. The molecule has 60 heavy (non-hydrogen) atoms. The molecule has 0 N–H and O–H groups in total. The van der Waals surface area contributed by atoms with E-state index in [4.69, 9.17) is 4.98 Å². The van der Waals surface area contributed by atoms with Gasteiger partial charge in [0, 0.05) is 17.1 Å². The molecule has 1 aromatic heterocycles. The molecule has 0 saturated heterocycles. The molecule has 0 bridgehead atoms. The number of benzene rings is 10. The minimum absolute atomic E-state index is 1.02. The zero-order chi connectivity index (χ0) is 39.8. The van der Waals surface area contributed by atoms with Gasteiger partial charge in [-0.15, -0.1) is 0 Å². The zero-order valence-corrected chi connectivity index (χ0v) is 33.0. The van der Waals surface area contributed by atoms with Crippen LogP contribution in [0.2, 0.25) is 0 Å². The molecule has 0 saturated carbocycles. The van der Waals surface area contributed by atoms with Crippen molar-refractivity contribution < 1.29 is 0 Å². The monoisotopic (exact) mass is 761 g/mol. The van der Waals surface area contributed by atoms with Crippen molar-refractivity contribution in [1.82, 2.24) is 4.98 Å². The standard InChI is InChI=1S/C59H39N/c1-4-18-40(19-5-1)48-38-54(41-20-6-2-7-21-41)58(55(39-48)42-22-8-3-9-23-42)47-28-15-27-46(37-47)57-52-32-12-10-30-50(52)56(51-31-11-13-33-53(51)57)45-26-14-25-44(36-45)49-34-16-24-43-29-17-35-60-59(43)49/h1-39H. The highest BCUT2D eigenvalue weighted by molar-refractivity contribution is 6.21. The Balaban J connectivity index is 1.14. The number of para-hydroxylation sites is 1. The quantitative estimate of drug-likeness (QED) is 0.147. The van der Waals surface area contributed by atoms with Gasteiger partial charge < -0.3 is 0 Å². The molecule has 0 radical (unpaired) electrons. The third kappa shape index (κ3) is 6.25. The maximum Gasteiger partial charge on any atom is 0.0780 e. The van der Waals surface area contributed by atoms with Crippen LogP contribution < -0.4 is 0 Å². The van der Waals surface area contributed by atoms with Crippen molar-refractivity contribution in [2.75, 3.05) is 0 Å². The molecule has 0 unspecified atom stereocenters.